The van der Waals surface area contributed by atoms with Crippen LogP contribution in [0.3, 0.4) is 0 Å². The molecule has 1 aromatic rings. The lowest BCUT2D eigenvalue weighted by molar-refractivity contribution is 0.239. The Morgan fingerprint density at radius 3 is 2.69 bits per heavy atom. The molecule has 0 spiro atoms. The summed E-state index contributed by atoms with van der Waals surface area (Å²) in [7, 11) is 0. The summed E-state index contributed by atoms with van der Waals surface area (Å²) in [6, 6.07) is 4.95. The maximum Gasteiger partial charge on any atom is 0.124 e. The van der Waals surface area contributed by atoms with Gasteiger partial charge in [-0.1, -0.05) is 0 Å². The van der Waals surface area contributed by atoms with Gasteiger partial charge in [-0.05, 0) is 32.0 Å². The Labute approximate surface area is 78.1 Å². The third-order valence-electron chi connectivity index (χ3n) is 1.63. The minimum atomic E-state index is 0.120. The fraction of sp³-hybridized carbons (Fsp3) is 0.400. The smallest absolute Gasteiger partial charge is 0.124 e. The molecule has 0 radical (unpaired) electrons. The number of ether oxygens (including phenoxy) is 1. The van der Waals surface area contributed by atoms with Crippen molar-refractivity contribution in [2.45, 2.75) is 26.5 Å². The van der Waals surface area contributed by atoms with Gasteiger partial charge in [0.2, 0.25) is 0 Å². The molecule has 0 aliphatic carbocycles. The van der Waals surface area contributed by atoms with Crippen LogP contribution in [0, 0.1) is 0 Å². The van der Waals surface area contributed by atoms with Gasteiger partial charge in [0.15, 0.2) is 0 Å². The van der Waals surface area contributed by atoms with E-state index in [0.29, 0.717) is 6.54 Å². The van der Waals surface area contributed by atoms with E-state index in [0.717, 1.165) is 11.3 Å². The lowest BCUT2D eigenvalue weighted by Gasteiger charge is -2.13. The highest BCUT2D eigenvalue weighted by atomic mass is 16.5. The van der Waals surface area contributed by atoms with Gasteiger partial charge in [0.05, 0.1) is 6.10 Å². The summed E-state index contributed by atoms with van der Waals surface area (Å²) in [6.45, 7) is 4.27. The van der Waals surface area contributed by atoms with Gasteiger partial charge >= 0.3 is 0 Å². The Hall–Kier alpha value is -1.22. The number of aromatic hydroxyl groups is 1. The standard InChI is InChI=1S/C10H15NO2/c1-7(2)13-10-4-3-9(12)5-8(10)6-11/h3-5,7,12H,6,11H2,1-2H3. The first-order valence-corrected chi connectivity index (χ1v) is 4.32. The van der Waals surface area contributed by atoms with Crippen LogP contribution in [0.5, 0.6) is 11.5 Å². The van der Waals surface area contributed by atoms with E-state index in [2.05, 4.69) is 0 Å². The summed E-state index contributed by atoms with van der Waals surface area (Å²) in [5.41, 5.74) is 6.33. The van der Waals surface area contributed by atoms with Crippen molar-refractivity contribution in [1.82, 2.24) is 0 Å². The number of benzene rings is 1. The van der Waals surface area contributed by atoms with Crippen LogP contribution >= 0.6 is 0 Å². The monoisotopic (exact) mass is 181 g/mol. The minimum Gasteiger partial charge on any atom is -0.508 e. The van der Waals surface area contributed by atoms with Gasteiger partial charge in [0.25, 0.3) is 0 Å². The first kappa shape index (κ1) is 9.86. The highest BCUT2D eigenvalue weighted by Gasteiger charge is 2.04. The number of hydrogen-bond donors (Lipinski definition) is 2. The molecular formula is C10H15NO2. The van der Waals surface area contributed by atoms with E-state index >= 15 is 0 Å². The quantitative estimate of drug-likeness (QED) is 0.745. The SMILES string of the molecule is CC(C)Oc1ccc(O)cc1CN. The van der Waals surface area contributed by atoms with Gasteiger partial charge in [0.1, 0.15) is 11.5 Å². The molecule has 0 bridgehead atoms. The summed E-state index contributed by atoms with van der Waals surface area (Å²) < 4.78 is 5.50. The van der Waals surface area contributed by atoms with Crippen LogP contribution in [0.15, 0.2) is 18.2 Å². The van der Waals surface area contributed by atoms with E-state index in [1.54, 1.807) is 18.2 Å². The average Bonchev–Trinajstić information content (AvgIpc) is 2.07. The molecule has 0 aliphatic heterocycles. The zero-order valence-corrected chi connectivity index (χ0v) is 7.95. The normalized spacial score (nSPS) is 10.5. The van der Waals surface area contributed by atoms with Gasteiger partial charge in [-0.3, -0.25) is 0 Å². The molecule has 1 rings (SSSR count). The van der Waals surface area contributed by atoms with E-state index in [4.69, 9.17) is 10.5 Å². The molecule has 0 aromatic heterocycles. The van der Waals surface area contributed by atoms with Crippen molar-refractivity contribution in [1.29, 1.82) is 0 Å². The molecule has 1 aromatic carbocycles. The second kappa shape index (κ2) is 4.14. The van der Waals surface area contributed by atoms with Gasteiger partial charge in [-0.15, -0.1) is 0 Å². The van der Waals surface area contributed by atoms with E-state index in [9.17, 15) is 5.11 Å². The molecule has 3 N–H and O–H groups in total. The predicted molar refractivity (Wildman–Crippen MR) is 51.8 cm³/mol. The van der Waals surface area contributed by atoms with Crippen LogP contribution in [0.25, 0.3) is 0 Å². The summed E-state index contributed by atoms with van der Waals surface area (Å²) in [6.07, 6.45) is 0.120. The summed E-state index contributed by atoms with van der Waals surface area (Å²) in [4.78, 5) is 0. The van der Waals surface area contributed by atoms with Gasteiger partial charge in [-0.2, -0.15) is 0 Å². The van der Waals surface area contributed by atoms with Crippen LogP contribution in [0.1, 0.15) is 19.4 Å². The Morgan fingerprint density at radius 2 is 2.15 bits per heavy atom. The van der Waals surface area contributed by atoms with Gasteiger partial charge in [0, 0.05) is 12.1 Å². The van der Waals surface area contributed by atoms with E-state index in [1.165, 1.54) is 0 Å². The number of hydrogen-bond acceptors (Lipinski definition) is 3. The van der Waals surface area contributed by atoms with Crippen molar-refractivity contribution in [3.8, 4) is 11.5 Å². The zero-order valence-electron chi connectivity index (χ0n) is 7.95. The van der Waals surface area contributed by atoms with Crippen molar-refractivity contribution in [2.24, 2.45) is 5.73 Å². The summed E-state index contributed by atoms with van der Waals surface area (Å²) in [5, 5.41) is 9.19. The first-order chi connectivity index (χ1) is 6.13. The fourth-order valence-electron chi connectivity index (χ4n) is 1.09. The van der Waals surface area contributed by atoms with E-state index in [1.807, 2.05) is 13.8 Å². The van der Waals surface area contributed by atoms with Gasteiger partial charge < -0.3 is 15.6 Å². The van der Waals surface area contributed by atoms with Crippen LogP contribution in [0.4, 0.5) is 0 Å². The molecule has 0 unspecified atom stereocenters. The second-order valence-corrected chi connectivity index (χ2v) is 3.16. The average molecular weight is 181 g/mol. The predicted octanol–water partition coefficient (Wildman–Crippen LogP) is 1.64. The fourth-order valence-corrected chi connectivity index (χ4v) is 1.09. The molecule has 3 heteroatoms. The topological polar surface area (TPSA) is 55.5 Å². The third kappa shape index (κ3) is 2.63. The van der Waals surface area contributed by atoms with Crippen molar-refractivity contribution in [3.63, 3.8) is 0 Å². The Morgan fingerprint density at radius 1 is 1.46 bits per heavy atom. The Balaban J connectivity index is 2.92. The van der Waals surface area contributed by atoms with Crippen molar-refractivity contribution < 1.29 is 9.84 Å². The first-order valence-electron chi connectivity index (χ1n) is 4.32. The van der Waals surface area contributed by atoms with Crippen molar-refractivity contribution in [3.05, 3.63) is 23.8 Å². The van der Waals surface area contributed by atoms with Gasteiger partial charge in [-0.25, -0.2) is 0 Å². The maximum atomic E-state index is 9.19. The molecule has 0 heterocycles. The van der Waals surface area contributed by atoms with Crippen molar-refractivity contribution >= 4 is 0 Å². The number of phenolic OH excluding ortho intramolecular Hbond substituents is 1. The molecule has 0 saturated heterocycles. The molecule has 0 saturated carbocycles. The lowest BCUT2D eigenvalue weighted by atomic mass is 10.2. The molecule has 0 amide bonds. The van der Waals surface area contributed by atoms with Crippen LogP contribution in [-0.4, -0.2) is 11.2 Å². The molecule has 0 aliphatic rings. The highest BCUT2D eigenvalue weighted by Crippen LogP contribution is 2.23. The van der Waals surface area contributed by atoms with Crippen LogP contribution < -0.4 is 10.5 Å². The zero-order chi connectivity index (χ0) is 9.84. The van der Waals surface area contributed by atoms with E-state index < -0.39 is 0 Å². The molecule has 3 nitrogen and oxygen atoms in total. The summed E-state index contributed by atoms with van der Waals surface area (Å²) in [5.74, 6) is 0.965. The molecule has 72 valence electrons. The number of rotatable bonds is 3. The second-order valence-electron chi connectivity index (χ2n) is 3.16. The number of nitrogens with two attached hydrogens (primary N) is 1. The van der Waals surface area contributed by atoms with Crippen molar-refractivity contribution in [2.75, 3.05) is 0 Å². The number of phenols is 1. The summed E-state index contributed by atoms with van der Waals surface area (Å²) >= 11 is 0. The molecule has 0 fully saturated rings. The largest absolute Gasteiger partial charge is 0.508 e. The minimum absolute atomic E-state index is 0.120. The maximum absolute atomic E-state index is 9.19. The molecule has 0 atom stereocenters. The molecular weight excluding hydrogens is 166 g/mol. The Bertz CT molecular complexity index is 284. The highest BCUT2D eigenvalue weighted by molar-refractivity contribution is 5.39. The van der Waals surface area contributed by atoms with Crippen LogP contribution in [0.2, 0.25) is 0 Å². The van der Waals surface area contributed by atoms with Crippen LogP contribution in [-0.2, 0) is 6.54 Å². The Kier molecular flexibility index (Phi) is 3.14. The van der Waals surface area contributed by atoms with E-state index in [-0.39, 0.29) is 11.9 Å². The molecule has 13 heavy (non-hydrogen) atoms. The lowest BCUT2D eigenvalue weighted by Crippen LogP contribution is -2.09. The third-order valence-corrected chi connectivity index (χ3v) is 1.63.